The Morgan fingerprint density at radius 1 is 0.842 bits per heavy atom. The van der Waals surface area contributed by atoms with Gasteiger partial charge in [-0.15, -0.1) is 0 Å². The molecular weight excluding hydrogens is 232 g/mol. The summed E-state index contributed by atoms with van der Waals surface area (Å²) in [6.07, 6.45) is 0. The first-order valence-electron chi connectivity index (χ1n) is 6.61. The van der Waals surface area contributed by atoms with Crippen LogP contribution in [0.15, 0.2) is 54.6 Å². The lowest BCUT2D eigenvalue weighted by atomic mass is 9.89. The van der Waals surface area contributed by atoms with E-state index in [1.807, 2.05) is 24.3 Å². The third-order valence-electron chi connectivity index (χ3n) is 3.29. The van der Waals surface area contributed by atoms with Crippen LogP contribution in [0.1, 0.15) is 26.5 Å². The van der Waals surface area contributed by atoms with Crippen molar-refractivity contribution in [3.8, 4) is 5.69 Å². The molecule has 0 saturated heterocycles. The number of nitrogens with zero attached hydrogens (tertiary/aromatic N) is 2. The van der Waals surface area contributed by atoms with E-state index < -0.39 is 0 Å². The first kappa shape index (κ1) is 12.0. The maximum absolute atomic E-state index is 4.77. The molecule has 0 aliphatic carbocycles. The number of fused-ring (bicyclic) bond motifs is 1. The van der Waals surface area contributed by atoms with Crippen LogP contribution in [-0.2, 0) is 5.41 Å². The monoisotopic (exact) mass is 250 g/mol. The molecule has 96 valence electrons. The minimum Gasteiger partial charge on any atom is -0.236 e. The smallest absolute Gasteiger partial charge is 0.0930 e. The maximum atomic E-state index is 4.77. The van der Waals surface area contributed by atoms with Gasteiger partial charge in [-0.1, -0.05) is 57.2 Å². The number of hydrogen-bond acceptors (Lipinski definition) is 1. The Morgan fingerprint density at radius 3 is 2.16 bits per heavy atom. The number of aromatic nitrogens is 2. The zero-order valence-electron chi connectivity index (χ0n) is 11.6. The molecule has 0 radical (unpaired) electrons. The predicted octanol–water partition coefficient (Wildman–Crippen LogP) is 4.32. The Morgan fingerprint density at radius 2 is 1.47 bits per heavy atom. The maximum Gasteiger partial charge on any atom is 0.0930 e. The lowest BCUT2D eigenvalue weighted by Crippen LogP contribution is -2.17. The summed E-state index contributed by atoms with van der Waals surface area (Å²) in [5, 5.41) is 6.00. The quantitative estimate of drug-likeness (QED) is 0.629. The highest BCUT2D eigenvalue weighted by atomic mass is 15.3. The first-order chi connectivity index (χ1) is 9.07. The molecule has 0 unspecified atom stereocenters. The minimum atomic E-state index is 0.0476. The van der Waals surface area contributed by atoms with Crippen molar-refractivity contribution in [3.63, 3.8) is 0 Å². The summed E-state index contributed by atoms with van der Waals surface area (Å²) in [5.41, 5.74) is 3.47. The Labute approximate surface area is 113 Å². The van der Waals surface area contributed by atoms with Crippen LogP contribution in [0.5, 0.6) is 0 Å². The Balaban J connectivity index is 2.36. The van der Waals surface area contributed by atoms with Crippen molar-refractivity contribution in [1.29, 1.82) is 0 Å². The van der Waals surface area contributed by atoms with Crippen molar-refractivity contribution < 1.29 is 0 Å². The van der Waals surface area contributed by atoms with Gasteiger partial charge in [-0.05, 0) is 18.2 Å². The first-order valence-corrected chi connectivity index (χ1v) is 6.61. The summed E-state index contributed by atoms with van der Waals surface area (Å²) in [4.78, 5) is 0. The van der Waals surface area contributed by atoms with Gasteiger partial charge in [0, 0.05) is 10.8 Å². The molecule has 0 aliphatic rings. The van der Waals surface area contributed by atoms with Crippen LogP contribution in [0.25, 0.3) is 16.6 Å². The Kier molecular flexibility index (Phi) is 2.67. The van der Waals surface area contributed by atoms with Gasteiger partial charge in [0.1, 0.15) is 0 Å². The molecule has 1 aromatic heterocycles. The molecule has 1 heterocycles. The number of rotatable bonds is 1. The van der Waals surface area contributed by atoms with Crippen LogP contribution in [0.3, 0.4) is 0 Å². The topological polar surface area (TPSA) is 17.8 Å². The van der Waals surface area contributed by atoms with Crippen LogP contribution in [-0.4, -0.2) is 9.78 Å². The second-order valence-electron chi connectivity index (χ2n) is 5.86. The average Bonchev–Trinajstić information content (AvgIpc) is 2.79. The third kappa shape index (κ3) is 2.03. The molecule has 3 aromatic rings. The summed E-state index contributed by atoms with van der Waals surface area (Å²) in [6.45, 7) is 6.70. The third-order valence-corrected chi connectivity index (χ3v) is 3.29. The van der Waals surface area contributed by atoms with Crippen molar-refractivity contribution in [2.45, 2.75) is 26.2 Å². The summed E-state index contributed by atoms with van der Waals surface area (Å²) >= 11 is 0. The van der Waals surface area contributed by atoms with Gasteiger partial charge in [0.25, 0.3) is 0 Å². The van der Waals surface area contributed by atoms with Gasteiger partial charge in [0.05, 0.1) is 16.9 Å². The van der Waals surface area contributed by atoms with Crippen molar-refractivity contribution in [2.75, 3.05) is 0 Å². The van der Waals surface area contributed by atoms with Gasteiger partial charge in [-0.3, -0.25) is 0 Å². The van der Waals surface area contributed by atoms with E-state index in [-0.39, 0.29) is 5.41 Å². The van der Waals surface area contributed by atoms with Gasteiger partial charge >= 0.3 is 0 Å². The molecule has 0 amide bonds. The second-order valence-corrected chi connectivity index (χ2v) is 5.86. The zero-order valence-corrected chi connectivity index (χ0v) is 11.6. The van der Waals surface area contributed by atoms with Crippen molar-refractivity contribution in [1.82, 2.24) is 9.78 Å². The van der Waals surface area contributed by atoms with E-state index in [0.29, 0.717) is 0 Å². The normalized spacial score (nSPS) is 11.9. The summed E-state index contributed by atoms with van der Waals surface area (Å²) in [5.74, 6) is 0. The van der Waals surface area contributed by atoms with E-state index in [1.165, 1.54) is 11.1 Å². The number of para-hydroxylation sites is 1. The van der Waals surface area contributed by atoms with Crippen LogP contribution in [0.4, 0.5) is 0 Å². The van der Waals surface area contributed by atoms with Crippen molar-refractivity contribution in [3.05, 3.63) is 60.3 Å². The highest BCUT2D eigenvalue weighted by molar-refractivity contribution is 5.83. The largest absolute Gasteiger partial charge is 0.236 e. The number of hydrogen-bond donors (Lipinski definition) is 0. The van der Waals surface area contributed by atoms with E-state index in [9.17, 15) is 0 Å². The van der Waals surface area contributed by atoms with Crippen LogP contribution in [0.2, 0.25) is 0 Å². The Hall–Kier alpha value is -2.09. The van der Waals surface area contributed by atoms with Gasteiger partial charge in [0.15, 0.2) is 0 Å². The molecule has 0 fully saturated rings. The summed E-state index contributed by atoms with van der Waals surface area (Å²) in [7, 11) is 0. The molecule has 0 saturated carbocycles. The lowest BCUT2D eigenvalue weighted by molar-refractivity contribution is 0.549. The van der Waals surface area contributed by atoms with E-state index in [2.05, 4.69) is 55.8 Å². The molecule has 0 N–H and O–H groups in total. The zero-order chi connectivity index (χ0) is 13.5. The molecule has 2 nitrogen and oxygen atoms in total. The van der Waals surface area contributed by atoms with Gasteiger partial charge < -0.3 is 0 Å². The fraction of sp³-hybridized carbons (Fsp3) is 0.235. The molecule has 0 bridgehead atoms. The standard InChI is InChI=1S/C17H18N2/c1-17(2,3)16-14-11-7-8-12-15(14)18-19(16)13-9-5-4-6-10-13/h4-12H,1-3H3. The highest BCUT2D eigenvalue weighted by Crippen LogP contribution is 2.31. The molecule has 2 aromatic carbocycles. The van der Waals surface area contributed by atoms with E-state index in [0.717, 1.165) is 11.2 Å². The highest BCUT2D eigenvalue weighted by Gasteiger charge is 2.23. The van der Waals surface area contributed by atoms with E-state index in [1.54, 1.807) is 0 Å². The second kappa shape index (κ2) is 4.23. The molecule has 2 heteroatoms. The molecular formula is C17H18N2. The van der Waals surface area contributed by atoms with E-state index in [4.69, 9.17) is 5.10 Å². The SMILES string of the molecule is CC(C)(C)c1c2ccccc2nn1-c1ccccc1. The summed E-state index contributed by atoms with van der Waals surface area (Å²) < 4.78 is 2.07. The van der Waals surface area contributed by atoms with Gasteiger partial charge in [0.2, 0.25) is 0 Å². The van der Waals surface area contributed by atoms with Crippen LogP contribution in [0, 0.1) is 0 Å². The minimum absolute atomic E-state index is 0.0476. The average molecular weight is 250 g/mol. The van der Waals surface area contributed by atoms with Crippen molar-refractivity contribution in [2.24, 2.45) is 0 Å². The predicted molar refractivity (Wildman–Crippen MR) is 79.8 cm³/mol. The number of benzene rings is 2. The fourth-order valence-electron chi connectivity index (χ4n) is 2.51. The lowest BCUT2D eigenvalue weighted by Gasteiger charge is -2.21. The van der Waals surface area contributed by atoms with E-state index >= 15 is 0 Å². The molecule has 0 aliphatic heterocycles. The van der Waals surface area contributed by atoms with Gasteiger partial charge in [-0.25, -0.2) is 4.68 Å². The molecule has 0 spiro atoms. The van der Waals surface area contributed by atoms with Crippen LogP contribution >= 0.6 is 0 Å². The summed E-state index contributed by atoms with van der Waals surface area (Å²) in [6, 6.07) is 18.7. The van der Waals surface area contributed by atoms with Crippen molar-refractivity contribution >= 4 is 10.9 Å². The molecule has 0 atom stereocenters. The fourth-order valence-corrected chi connectivity index (χ4v) is 2.51. The Bertz CT molecular complexity index is 703. The molecule has 19 heavy (non-hydrogen) atoms. The van der Waals surface area contributed by atoms with Gasteiger partial charge in [-0.2, -0.15) is 5.10 Å². The molecule has 3 rings (SSSR count). The van der Waals surface area contributed by atoms with Crippen LogP contribution < -0.4 is 0 Å².